The van der Waals surface area contributed by atoms with Gasteiger partial charge in [-0.25, -0.2) is 4.98 Å². The van der Waals surface area contributed by atoms with Gasteiger partial charge in [-0.05, 0) is 56.3 Å². The van der Waals surface area contributed by atoms with E-state index in [4.69, 9.17) is 21.3 Å². The number of likely N-dealkylation sites (tertiary alicyclic amines) is 1. The van der Waals surface area contributed by atoms with Crippen molar-refractivity contribution in [1.82, 2.24) is 9.88 Å². The molecule has 2 heterocycles. The molecule has 2 aromatic carbocycles. The van der Waals surface area contributed by atoms with E-state index in [0.29, 0.717) is 31.0 Å². The minimum atomic E-state index is -0.712. The summed E-state index contributed by atoms with van der Waals surface area (Å²) in [5.41, 5.74) is 1.93. The third-order valence-corrected chi connectivity index (χ3v) is 6.60. The molecule has 1 saturated heterocycles. The molecule has 0 radical (unpaired) electrons. The van der Waals surface area contributed by atoms with Gasteiger partial charge in [-0.15, -0.1) is 11.3 Å². The summed E-state index contributed by atoms with van der Waals surface area (Å²) in [4.78, 5) is 18.5. The number of thiazole rings is 1. The van der Waals surface area contributed by atoms with Crippen molar-refractivity contribution in [2.75, 3.05) is 20.2 Å². The topological polar surface area (TPSA) is 62.7 Å². The normalized spacial score (nSPS) is 16.9. The molecule has 0 amide bonds. The summed E-state index contributed by atoms with van der Waals surface area (Å²) in [7, 11) is 1.65. The van der Waals surface area contributed by atoms with Crippen LogP contribution in [0, 0.1) is 5.92 Å². The molecule has 146 valence electrons. The molecular formula is C21H21ClN2O3S. The lowest BCUT2D eigenvalue weighted by atomic mass is 9.94. The molecule has 1 fully saturated rings. The summed E-state index contributed by atoms with van der Waals surface area (Å²) >= 11 is 7.98. The van der Waals surface area contributed by atoms with Crippen LogP contribution in [0.2, 0.25) is 5.02 Å². The van der Waals surface area contributed by atoms with Crippen molar-refractivity contribution >= 4 is 39.1 Å². The summed E-state index contributed by atoms with van der Waals surface area (Å²) in [6, 6.07) is 13.6. The first kappa shape index (κ1) is 19.2. The van der Waals surface area contributed by atoms with Gasteiger partial charge in [-0.1, -0.05) is 23.7 Å². The molecule has 0 aliphatic carbocycles. The second-order valence-corrected chi connectivity index (χ2v) is 8.46. The molecule has 1 aliphatic rings. The Kier molecular flexibility index (Phi) is 5.53. The highest BCUT2D eigenvalue weighted by molar-refractivity contribution is 7.18. The molecule has 1 aromatic heterocycles. The fourth-order valence-corrected chi connectivity index (χ4v) is 5.12. The second-order valence-electron chi connectivity index (χ2n) is 6.96. The molecule has 1 aliphatic heterocycles. The Morgan fingerprint density at radius 1 is 1.29 bits per heavy atom. The molecule has 0 spiro atoms. The summed E-state index contributed by atoms with van der Waals surface area (Å²) < 4.78 is 6.75. The Labute approximate surface area is 172 Å². The molecule has 0 bridgehead atoms. The maximum atomic E-state index is 11.4. The lowest BCUT2D eigenvalue weighted by molar-refractivity contribution is -0.143. The maximum Gasteiger partial charge on any atom is 0.306 e. The number of aromatic nitrogens is 1. The van der Waals surface area contributed by atoms with Crippen molar-refractivity contribution in [2.24, 2.45) is 5.92 Å². The zero-order valence-electron chi connectivity index (χ0n) is 15.5. The molecule has 5 nitrogen and oxygen atoms in total. The number of aliphatic carboxylic acids is 1. The van der Waals surface area contributed by atoms with Gasteiger partial charge >= 0.3 is 5.97 Å². The number of fused-ring (bicyclic) bond motifs is 1. The van der Waals surface area contributed by atoms with E-state index in [0.717, 1.165) is 26.5 Å². The quantitative estimate of drug-likeness (QED) is 0.644. The highest BCUT2D eigenvalue weighted by atomic mass is 35.5. The van der Waals surface area contributed by atoms with Crippen molar-refractivity contribution in [2.45, 2.75) is 18.9 Å². The smallest absolute Gasteiger partial charge is 0.306 e. The van der Waals surface area contributed by atoms with E-state index in [2.05, 4.69) is 11.0 Å². The third-order valence-electron chi connectivity index (χ3n) is 5.27. The average Bonchev–Trinajstić information content (AvgIpc) is 3.12. The van der Waals surface area contributed by atoms with Gasteiger partial charge in [0, 0.05) is 10.6 Å². The van der Waals surface area contributed by atoms with Crippen LogP contribution in [0.15, 0.2) is 42.5 Å². The van der Waals surface area contributed by atoms with Gasteiger partial charge in [-0.3, -0.25) is 9.69 Å². The highest BCUT2D eigenvalue weighted by Crippen LogP contribution is 2.41. The zero-order valence-corrected chi connectivity index (χ0v) is 17.0. The van der Waals surface area contributed by atoms with Crippen LogP contribution in [0.4, 0.5) is 0 Å². The number of hydrogen-bond donors (Lipinski definition) is 1. The van der Waals surface area contributed by atoms with Crippen LogP contribution in [-0.2, 0) is 4.79 Å². The predicted octanol–water partition coefficient (Wildman–Crippen LogP) is 4.84. The summed E-state index contributed by atoms with van der Waals surface area (Å²) in [5.74, 6) is -0.237. The van der Waals surface area contributed by atoms with Gasteiger partial charge < -0.3 is 9.84 Å². The lowest BCUT2D eigenvalue weighted by Gasteiger charge is -2.36. The van der Waals surface area contributed by atoms with Crippen LogP contribution in [0.25, 0.3) is 10.2 Å². The number of carbonyl (C=O) groups is 1. The average molecular weight is 417 g/mol. The second kappa shape index (κ2) is 8.07. The standard InChI is InChI=1S/C21H21ClN2O3S/c1-27-17-7-6-14(22)12-15(17)19(24-10-8-13(9-11-24)21(25)26)20-23-16-4-2-3-5-18(16)28-20/h2-7,12-13,19H,8-11H2,1H3,(H,25,26). The number of nitrogens with zero attached hydrogens (tertiary/aromatic N) is 2. The van der Waals surface area contributed by atoms with Gasteiger partial charge in [0.1, 0.15) is 10.8 Å². The highest BCUT2D eigenvalue weighted by Gasteiger charge is 2.33. The molecule has 3 aromatic rings. The number of para-hydroxylation sites is 1. The minimum absolute atomic E-state index is 0.124. The molecular weight excluding hydrogens is 396 g/mol. The predicted molar refractivity (Wildman–Crippen MR) is 111 cm³/mol. The largest absolute Gasteiger partial charge is 0.496 e. The van der Waals surface area contributed by atoms with E-state index in [-0.39, 0.29) is 12.0 Å². The van der Waals surface area contributed by atoms with E-state index < -0.39 is 5.97 Å². The SMILES string of the molecule is COc1ccc(Cl)cc1C(c1nc2ccccc2s1)N1CCC(C(=O)O)CC1. The van der Waals surface area contributed by atoms with Gasteiger partial charge in [0.15, 0.2) is 0 Å². The van der Waals surface area contributed by atoms with E-state index in [1.165, 1.54) is 0 Å². The monoisotopic (exact) mass is 416 g/mol. The molecule has 4 rings (SSSR count). The summed E-state index contributed by atoms with van der Waals surface area (Å²) in [6.45, 7) is 1.38. The molecule has 7 heteroatoms. The van der Waals surface area contributed by atoms with Crippen molar-refractivity contribution in [3.63, 3.8) is 0 Å². The van der Waals surface area contributed by atoms with Crippen LogP contribution in [0.1, 0.15) is 29.5 Å². The number of methoxy groups -OCH3 is 1. The number of carboxylic acid groups (broad SMARTS) is 1. The molecule has 0 saturated carbocycles. The van der Waals surface area contributed by atoms with Crippen molar-refractivity contribution < 1.29 is 14.6 Å². The van der Waals surface area contributed by atoms with Crippen LogP contribution < -0.4 is 4.74 Å². The first-order valence-corrected chi connectivity index (χ1v) is 10.4. The van der Waals surface area contributed by atoms with Crippen LogP contribution in [-0.4, -0.2) is 41.2 Å². The number of rotatable bonds is 5. The fourth-order valence-electron chi connectivity index (χ4n) is 3.82. The number of ether oxygens (including phenoxy) is 1. The van der Waals surface area contributed by atoms with Gasteiger partial charge in [0.25, 0.3) is 0 Å². The van der Waals surface area contributed by atoms with Gasteiger partial charge in [0.05, 0.1) is 29.3 Å². The molecule has 1 unspecified atom stereocenters. The number of halogens is 1. The van der Waals surface area contributed by atoms with E-state index >= 15 is 0 Å². The van der Waals surface area contributed by atoms with E-state index in [1.54, 1.807) is 18.4 Å². The van der Waals surface area contributed by atoms with Crippen molar-refractivity contribution in [1.29, 1.82) is 0 Å². The van der Waals surface area contributed by atoms with Crippen molar-refractivity contribution in [3.05, 3.63) is 58.1 Å². The van der Waals surface area contributed by atoms with E-state index in [9.17, 15) is 9.90 Å². The Balaban J connectivity index is 1.77. The van der Waals surface area contributed by atoms with Gasteiger partial charge in [-0.2, -0.15) is 0 Å². The first-order chi connectivity index (χ1) is 13.6. The zero-order chi connectivity index (χ0) is 19.7. The Hall–Kier alpha value is -2.15. The number of piperidine rings is 1. The van der Waals surface area contributed by atoms with E-state index in [1.807, 2.05) is 36.4 Å². The van der Waals surface area contributed by atoms with Crippen LogP contribution in [0.5, 0.6) is 5.75 Å². The Morgan fingerprint density at radius 2 is 2.04 bits per heavy atom. The fraction of sp³-hybridized carbons (Fsp3) is 0.333. The molecule has 28 heavy (non-hydrogen) atoms. The van der Waals surface area contributed by atoms with Gasteiger partial charge in [0.2, 0.25) is 0 Å². The number of hydrogen-bond acceptors (Lipinski definition) is 5. The number of benzene rings is 2. The Bertz CT molecular complexity index is 965. The minimum Gasteiger partial charge on any atom is -0.496 e. The Morgan fingerprint density at radius 3 is 2.71 bits per heavy atom. The number of carboxylic acids is 1. The third kappa shape index (κ3) is 3.72. The summed E-state index contributed by atoms with van der Waals surface area (Å²) in [6.07, 6.45) is 1.25. The lowest BCUT2D eigenvalue weighted by Crippen LogP contribution is -2.39. The first-order valence-electron chi connectivity index (χ1n) is 9.22. The van der Waals surface area contributed by atoms with Crippen molar-refractivity contribution in [3.8, 4) is 5.75 Å². The maximum absolute atomic E-state index is 11.4. The van der Waals surface area contributed by atoms with Crippen LogP contribution in [0.3, 0.4) is 0 Å². The summed E-state index contributed by atoms with van der Waals surface area (Å²) in [5, 5.41) is 11.0. The van der Waals surface area contributed by atoms with Crippen LogP contribution >= 0.6 is 22.9 Å². The molecule has 1 atom stereocenters. The molecule has 1 N–H and O–H groups in total.